The summed E-state index contributed by atoms with van der Waals surface area (Å²) in [6, 6.07) is 0.790. The third kappa shape index (κ3) is 3.47. The molecule has 2 bridgehead atoms. The Labute approximate surface area is 108 Å². The van der Waals surface area contributed by atoms with Gasteiger partial charge in [0.1, 0.15) is 0 Å². The maximum atomic E-state index is 4.07. The van der Waals surface area contributed by atoms with E-state index in [1.165, 1.54) is 70.6 Å². The standard InChI is InChI=1S/C16H31N/c1-3-5-6-9-15(4-2)17-16-11-7-8-14(13-16)10-12-16/h14-15,17H,3-13H2,1-2H3. The first-order valence-corrected chi connectivity index (χ1v) is 8.05. The fourth-order valence-corrected chi connectivity index (χ4v) is 4.10. The van der Waals surface area contributed by atoms with Crippen LogP contribution in [0.15, 0.2) is 0 Å². The maximum absolute atomic E-state index is 4.07. The molecule has 0 aromatic rings. The van der Waals surface area contributed by atoms with Gasteiger partial charge in [-0.05, 0) is 44.4 Å². The minimum absolute atomic E-state index is 0.565. The summed E-state index contributed by atoms with van der Waals surface area (Å²) in [6.45, 7) is 4.66. The molecule has 1 N–H and O–H groups in total. The molecule has 2 aliphatic rings. The van der Waals surface area contributed by atoms with Crippen LogP contribution in [0.5, 0.6) is 0 Å². The van der Waals surface area contributed by atoms with Crippen molar-refractivity contribution in [3.05, 3.63) is 0 Å². The SMILES string of the molecule is CCCCCC(CC)NC12CCCC(CC1)C2. The first-order chi connectivity index (χ1) is 8.28. The molecule has 0 aliphatic heterocycles. The molecule has 0 aromatic heterocycles. The predicted molar refractivity (Wildman–Crippen MR) is 75.3 cm³/mol. The number of rotatable bonds is 7. The highest BCUT2D eigenvalue weighted by Crippen LogP contribution is 2.45. The van der Waals surface area contributed by atoms with E-state index >= 15 is 0 Å². The van der Waals surface area contributed by atoms with Crippen molar-refractivity contribution in [1.82, 2.24) is 5.32 Å². The second-order valence-corrected chi connectivity index (χ2v) is 6.53. The van der Waals surface area contributed by atoms with Crippen LogP contribution in [0.25, 0.3) is 0 Å². The fraction of sp³-hybridized carbons (Fsp3) is 1.00. The molecule has 3 atom stereocenters. The molecule has 0 radical (unpaired) electrons. The molecule has 0 aromatic carbocycles. The zero-order chi connectivity index (χ0) is 12.1. The van der Waals surface area contributed by atoms with Crippen LogP contribution in [0.3, 0.4) is 0 Å². The average molecular weight is 237 g/mol. The van der Waals surface area contributed by atoms with E-state index in [0.717, 1.165) is 12.0 Å². The van der Waals surface area contributed by atoms with Gasteiger partial charge in [-0.3, -0.25) is 0 Å². The van der Waals surface area contributed by atoms with E-state index in [2.05, 4.69) is 19.2 Å². The normalized spacial score (nSPS) is 33.9. The topological polar surface area (TPSA) is 12.0 Å². The van der Waals surface area contributed by atoms with Gasteiger partial charge < -0.3 is 5.32 Å². The summed E-state index contributed by atoms with van der Waals surface area (Å²) >= 11 is 0. The molecule has 2 saturated carbocycles. The minimum Gasteiger partial charge on any atom is -0.308 e. The lowest BCUT2D eigenvalue weighted by atomic mass is 9.82. The van der Waals surface area contributed by atoms with Crippen molar-refractivity contribution in [2.24, 2.45) is 5.92 Å². The van der Waals surface area contributed by atoms with E-state index in [9.17, 15) is 0 Å². The molecule has 0 amide bonds. The smallest absolute Gasteiger partial charge is 0.0186 e. The highest BCUT2D eigenvalue weighted by molar-refractivity contribution is 5.00. The van der Waals surface area contributed by atoms with Gasteiger partial charge in [-0.2, -0.15) is 0 Å². The van der Waals surface area contributed by atoms with Gasteiger partial charge in [0, 0.05) is 11.6 Å². The number of hydrogen-bond donors (Lipinski definition) is 1. The molecular formula is C16H31N. The Morgan fingerprint density at radius 3 is 2.82 bits per heavy atom. The number of unbranched alkanes of at least 4 members (excludes halogenated alkanes) is 2. The van der Waals surface area contributed by atoms with Crippen molar-refractivity contribution in [3.8, 4) is 0 Å². The van der Waals surface area contributed by atoms with Crippen LogP contribution in [0.4, 0.5) is 0 Å². The Morgan fingerprint density at radius 1 is 1.18 bits per heavy atom. The van der Waals surface area contributed by atoms with Crippen LogP contribution in [0, 0.1) is 5.92 Å². The lowest BCUT2D eigenvalue weighted by Gasteiger charge is -2.38. The molecule has 0 spiro atoms. The lowest BCUT2D eigenvalue weighted by molar-refractivity contribution is 0.214. The molecule has 2 fully saturated rings. The number of hydrogen-bond acceptors (Lipinski definition) is 1. The molecular weight excluding hydrogens is 206 g/mol. The van der Waals surface area contributed by atoms with Gasteiger partial charge in [-0.15, -0.1) is 0 Å². The Balaban J connectivity index is 1.80. The summed E-state index contributed by atoms with van der Waals surface area (Å²) in [5.74, 6) is 1.06. The molecule has 2 rings (SSSR count). The van der Waals surface area contributed by atoms with E-state index in [-0.39, 0.29) is 0 Å². The van der Waals surface area contributed by atoms with Crippen LogP contribution < -0.4 is 5.32 Å². The fourth-order valence-electron chi connectivity index (χ4n) is 4.10. The van der Waals surface area contributed by atoms with Crippen LogP contribution in [0.1, 0.15) is 84.5 Å². The van der Waals surface area contributed by atoms with Crippen LogP contribution in [-0.2, 0) is 0 Å². The highest BCUT2D eigenvalue weighted by Gasteiger charge is 2.42. The van der Waals surface area contributed by atoms with E-state index in [0.29, 0.717) is 5.54 Å². The molecule has 0 saturated heterocycles. The summed E-state index contributed by atoms with van der Waals surface area (Å²) in [5, 5.41) is 4.07. The summed E-state index contributed by atoms with van der Waals surface area (Å²) < 4.78 is 0. The van der Waals surface area contributed by atoms with E-state index in [1.54, 1.807) is 0 Å². The number of fused-ring (bicyclic) bond motifs is 2. The van der Waals surface area contributed by atoms with Gasteiger partial charge in [-0.25, -0.2) is 0 Å². The second kappa shape index (κ2) is 6.22. The predicted octanol–water partition coefficient (Wildman–Crippen LogP) is 4.66. The van der Waals surface area contributed by atoms with Gasteiger partial charge in [0.05, 0.1) is 0 Å². The average Bonchev–Trinajstić information content (AvgIpc) is 2.64. The van der Waals surface area contributed by atoms with E-state index in [4.69, 9.17) is 0 Å². The van der Waals surface area contributed by atoms with Gasteiger partial charge in [0.25, 0.3) is 0 Å². The zero-order valence-corrected chi connectivity index (χ0v) is 11.9. The van der Waals surface area contributed by atoms with Crippen molar-refractivity contribution in [3.63, 3.8) is 0 Å². The molecule has 17 heavy (non-hydrogen) atoms. The molecule has 100 valence electrons. The van der Waals surface area contributed by atoms with Crippen molar-refractivity contribution in [2.45, 2.75) is 96.1 Å². The third-order valence-corrected chi connectivity index (χ3v) is 5.14. The largest absolute Gasteiger partial charge is 0.308 e. The highest BCUT2D eigenvalue weighted by atomic mass is 15.0. The summed E-state index contributed by atoms with van der Waals surface area (Å²) in [4.78, 5) is 0. The molecule has 1 heteroatoms. The Bertz CT molecular complexity index is 222. The van der Waals surface area contributed by atoms with E-state index < -0.39 is 0 Å². The van der Waals surface area contributed by atoms with Crippen molar-refractivity contribution >= 4 is 0 Å². The zero-order valence-electron chi connectivity index (χ0n) is 11.9. The second-order valence-electron chi connectivity index (χ2n) is 6.53. The lowest BCUT2D eigenvalue weighted by Crippen LogP contribution is -2.49. The van der Waals surface area contributed by atoms with Crippen LogP contribution >= 0.6 is 0 Å². The number of nitrogens with one attached hydrogen (secondary N) is 1. The van der Waals surface area contributed by atoms with Gasteiger partial charge in [0.2, 0.25) is 0 Å². The monoisotopic (exact) mass is 237 g/mol. The van der Waals surface area contributed by atoms with Crippen LogP contribution in [0.2, 0.25) is 0 Å². The third-order valence-electron chi connectivity index (χ3n) is 5.14. The first kappa shape index (κ1) is 13.4. The summed E-state index contributed by atoms with van der Waals surface area (Å²) in [5.41, 5.74) is 0.565. The Hall–Kier alpha value is -0.0400. The van der Waals surface area contributed by atoms with E-state index in [1.807, 2.05) is 0 Å². The Morgan fingerprint density at radius 2 is 2.06 bits per heavy atom. The maximum Gasteiger partial charge on any atom is 0.0186 e. The summed E-state index contributed by atoms with van der Waals surface area (Å²) in [7, 11) is 0. The first-order valence-electron chi connectivity index (χ1n) is 8.05. The van der Waals surface area contributed by atoms with Crippen LogP contribution in [-0.4, -0.2) is 11.6 Å². The van der Waals surface area contributed by atoms with Gasteiger partial charge in [-0.1, -0.05) is 46.0 Å². The van der Waals surface area contributed by atoms with Gasteiger partial charge in [0.15, 0.2) is 0 Å². The molecule has 0 heterocycles. The van der Waals surface area contributed by atoms with Gasteiger partial charge >= 0.3 is 0 Å². The molecule has 1 nitrogen and oxygen atoms in total. The van der Waals surface area contributed by atoms with Crippen molar-refractivity contribution < 1.29 is 0 Å². The molecule has 3 unspecified atom stereocenters. The molecule has 2 aliphatic carbocycles. The van der Waals surface area contributed by atoms with Crippen molar-refractivity contribution in [1.29, 1.82) is 0 Å². The quantitative estimate of drug-likeness (QED) is 0.635. The van der Waals surface area contributed by atoms with Crippen molar-refractivity contribution in [2.75, 3.05) is 0 Å². The Kier molecular flexibility index (Phi) is 4.90. The minimum atomic E-state index is 0.565. The summed E-state index contributed by atoms with van der Waals surface area (Å²) in [6.07, 6.45) is 15.8.